The van der Waals surface area contributed by atoms with Gasteiger partial charge in [-0.05, 0) is 0 Å². The van der Waals surface area contributed by atoms with E-state index in [9.17, 15) is 33.4 Å². The van der Waals surface area contributed by atoms with Crippen molar-refractivity contribution in [3.63, 3.8) is 0 Å². The first kappa shape index (κ1) is 30.7. The predicted molar refractivity (Wildman–Crippen MR) is 63.3 cm³/mol. The zero-order valence-corrected chi connectivity index (χ0v) is 21.3. The number of nitrogens with zero attached hydrogens (tertiary/aromatic N) is 1. The number of nitrogens with one attached hydrogen (secondary N) is 1. The molecule has 0 amide bonds. The van der Waals surface area contributed by atoms with Gasteiger partial charge in [-0.25, -0.2) is 4.79 Å². The molecule has 1 N–H and O–H groups in total. The standard InChI is InChI=1S/C8H14N2O9P2.3Na/c11-7-1-2-10(8(12)9-7)5-18-3-4-19-21(16,17)6-20(13,14)15;;;/h1-2H,3-6H2,(H,16,17)(H,9,11,12)(H2,13,14,15);;;/q;3*+1/p-3. The molecule has 0 spiro atoms. The van der Waals surface area contributed by atoms with Crippen LogP contribution in [0.3, 0.4) is 0 Å². The van der Waals surface area contributed by atoms with Crippen LogP contribution >= 0.6 is 15.2 Å². The zero-order chi connectivity index (χ0) is 16.1. The molecular formula is C8H11N2Na3O9P2. The summed E-state index contributed by atoms with van der Waals surface area (Å²) in [5.74, 6) is -1.61. The van der Waals surface area contributed by atoms with Gasteiger partial charge in [0, 0.05) is 18.2 Å². The second kappa shape index (κ2) is 14.0. The number of aromatic amines is 1. The fourth-order valence-corrected chi connectivity index (χ4v) is 3.57. The Kier molecular flexibility index (Phi) is 17.9. The molecule has 11 nitrogen and oxygen atoms in total. The maximum absolute atomic E-state index is 11.2. The monoisotopic (exact) mass is 410 g/mol. The first-order valence-electron chi connectivity index (χ1n) is 5.42. The van der Waals surface area contributed by atoms with Crippen molar-refractivity contribution in [2.45, 2.75) is 6.73 Å². The summed E-state index contributed by atoms with van der Waals surface area (Å²) in [6, 6.07) is 1.09. The van der Waals surface area contributed by atoms with Crippen molar-refractivity contribution in [3.05, 3.63) is 33.1 Å². The summed E-state index contributed by atoms with van der Waals surface area (Å²) >= 11 is 0. The minimum Gasteiger partial charge on any atom is -0.810 e. The van der Waals surface area contributed by atoms with Gasteiger partial charge in [-0.15, -0.1) is 0 Å². The van der Waals surface area contributed by atoms with Crippen molar-refractivity contribution in [3.8, 4) is 0 Å². The number of hydrogen-bond donors (Lipinski definition) is 1. The summed E-state index contributed by atoms with van der Waals surface area (Å²) in [6.07, 6.45) is 1.17. The minimum atomic E-state index is -5.22. The molecule has 0 bridgehead atoms. The average molecular weight is 410 g/mol. The molecule has 1 unspecified atom stereocenters. The molecule has 1 rings (SSSR count). The molecule has 1 atom stereocenters. The molecule has 0 saturated carbocycles. The van der Waals surface area contributed by atoms with Crippen LogP contribution in [-0.4, -0.2) is 28.7 Å². The number of hydrogen-bond acceptors (Lipinski definition) is 9. The Morgan fingerprint density at radius 1 is 1.08 bits per heavy atom. The van der Waals surface area contributed by atoms with Crippen molar-refractivity contribution < 1.29 is 122 Å². The van der Waals surface area contributed by atoms with E-state index in [4.69, 9.17) is 4.74 Å². The Morgan fingerprint density at radius 2 is 1.67 bits per heavy atom. The van der Waals surface area contributed by atoms with Gasteiger partial charge < -0.3 is 33.1 Å². The number of H-pyrrole nitrogens is 1. The van der Waals surface area contributed by atoms with Crippen LogP contribution in [0.25, 0.3) is 0 Å². The summed E-state index contributed by atoms with van der Waals surface area (Å²) in [4.78, 5) is 55.6. The molecule has 1 aromatic heterocycles. The van der Waals surface area contributed by atoms with E-state index in [1.165, 1.54) is 6.20 Å². The Hall–Kier alpha value is 1.94. The van der Waals surface area contributed by atoms with Gasteiger partial charge in [0.25, 0.3) is 5.56 Å². The summed E-state index contributed by atoms with van der Waals surface area (Å²) in [5.41, 5.74) is -1.29. The third-order valence-corrected chi connectivity index (χ3v) is 5.34. The van der Waals surface area contributed by atoms with E-state index in [0.717, 1.165) is 10.6 Å². The summed E-state index contributed by atoms with van der Waals surface area (Å²) in [7, 11) is -10.00. The predicted octanol–water partition coefficient (Wildman–Crippen LogP) is -12.0. The van der Waals surface area contributed by atoms with Gasteiger partial charge in [0.1, 0.15) is 14.3 Å². The Bertz CT molecular complexity index is 688. The van der Waals surface area contributed by atoms with E-state index in [1.807, 2.05) is 4.98 Å². The van der Waals surface area contributed by atoms with Gasteiger partial charge in [0.05, 0.1) is 13.2 Å². The van der Waals surface area contributed by atoms with Crippen molar-refractivity contribution in [1.29, 1.82) is 0 Å². The first-order valence-corrected chi connectivity index (χ1v) is 8.88. The van der Waals surface area contributed by atoms with Gasteiger partial charge in [-0.3, -0.25) is 14.3 Å². The molecule has 0 aliphatic heterocycles. The van der Waals surface area contributed by atoms with Gasteiger partial charge in [-0.1, -0.05) is 7.60 Å². The second-order valence-electron chi connectivity index (χ2n) is 3.81. The molecular weight excluding hydrogens is 399 g/mol. The summed E-state index contributed by atoms with van der Waals surface area (Å²) in [6.45, 7) is -1.07. The Balaban J connectivity index is -0.00000147. The van der Waals surface area contributed by atoms with E-state index in [-0.39, 0.29) is 102 Å². The second-order valence-corrected chi connectivity index (χ2v) is 7.65. The zero-order valence-electron chi connectivity index (χ0n) is 13.5. The summed E-state index contributed by atoms with van der Waals surface area (Å²) in [5, 5.41) is 0. The minimum absolute atomic E-state index is 0. The molecule has 24 heavy (non-hydrogen) atoms. The molecule has 120 valence electrons. The number of ether oxygens (including phenoxy) is 1. The quantitative estimate of drug-likeness (QED) is 0.248. The Labute approximate surface area is 203 Å². The third kappa shape index (κ3) is 14.1. The van der Waals surface area contributed by atoms with Gasteiger partial charge in [-0.2, -0.15) is 0 Å². The van der Waals surface area contributed by atoms with Crippen LogP contribution in [0.5, 0.6) is 0 Å². The van der Waals surface area contributed by atoms with Crippen LogP contribution in [-0.2, 0) is 25.1 Å². The van der Waals surface area contributed by atoms with E-state index >= 15 is 0 Å². The van der Waals surface area contributed by atoms with E-state index in [2.05, 4.69) is 4.52 Å². The molecule has 0 aliphatic rings. The molecule has 0 radical (unpaired) electrons. The van der Waals surface area contributed by atoms with E-state index in [1.54, 1.807) is 0 Å². The van der Waals surface area contributed by atoms with Crippen LogP contribution in [0.2, 0.25) is 0 Å². The summed E-state index contributed by atoms with van der Waals surface area (Å²) < 4.78 is 31.5. The van der Waals surface area contributed by atoms with Crippen LogP contribution < -0.4 is 115 Å². The smallest absolute Gasteiger partial charge is 0.810 e. The normalized spacial score (nSPS) is 13.0. The van der Waals surface area contributed by atoms with Gasteiger partial charge in [0.2, 0.25) is 0 Å². The molecule has 16 heteroatoms. The molecule has 0 aromatic carbocycles. The largest absolute Gasteiger partial charge is 1.00 e. The number of aromatic nitrogens is 2. The maximum Gasteiger partial charge on any atom is 1.00 e. The first-order chi connectivity index (χ1) is 9.59. The van der Waals surface area contributed by atoms with E-state index < -0.39 is 39.0 Å². The van der Waals surface area contributed by atoms with Crippen molar-refractivity contribution in [2.24, 2.45) is 0 Å². The molecule has 0 saturated heterocycles. The maximum atomic E-state index is 11.2. The van der Waals surface area contributed by atoms with E-state index in [0.29, 0.717) is 0 Å². The van der Waals surface area contributed by atoms with Crippen LogP contribution in [0.4, 0.5) is 0 Å². The van der Waals surface area contributed by atoms with Gasteiger partial charge >= 0.3 is 94.4 Å². The van der Waals surface area contributed by atoms with Crippen LogP contribution in [0.1, 0.15) is 0 Å². The third-order valence-electron chi connectivity index (χ3n) is 1.99. The van der Waals surface area contributed by atoms with Gasteiger partial charge in [0.15, 0.2) is 0 Å². The fraction of sp³-hybridized carbons (Fsp3) is 0.500. The average Bonchev–Trinajstić information content (AvgIpc) is 2.27. The Morgan fingerprint density at radius 3 is 2.17 bits per heavy atom. The van der Waals surface area contributed by atoms with Crippen molar-refractivity contribution >= 4 is 15.2 Å². The molecule has 0 aliphatic carbocycles. The van der Waals surface area contributed by atoms with Crippen molar-refractivity contribution in [2.75, 3.05) is 19.1 Å². The molecule has 1 heterocycles. The van der Waals surface area contributed by atoms with Crippen LogP contribution in [0.15, 0.2) is 21.9 Å². The molecule has 1 aromatic rings. The van der Waals surface area contributed by atoms with Crippen LogP contribution in [0, 0.1) is 0 Å². The number of rotatable bonds is 8. The SMILES string of the molecule is O=c1ccn(COCCOP(=O)([O-])CP(=O)([O-])[O-])c(=O)[nH]1.[Na+].[Na+].[Na+]. The fourth-order valence-electron chi connectivity index (χ4n) is 1.20. The van der Waals surface area contributed by atoms with Crippen molar-refractivity contribution in [1.82, 2.24) is 9.55 Å². The topological polar surface area (TPSA) is 177 Å². The molecule has 0 fully saturated rings.